The highest BCUT2D eigenvalue weighted by Crippen LogP contribution is 2.29. The van der Waals surface area contributed by atoms with Crippen molar-refractivity contribution in [1.82, 2.24) is 15.0 Å². The Kier molecular flexibility index (Phi) is 6.13. The SMILES string of the molecule is Cc1ccc(N2C[C@@H](C(=O)N3CCC(Cc4nc(-c5ccc(F)cc5)no4)CC3)CC2=O)cc1. The summed E-state index contributed by atoms with van der Waals surface area (Å²) in [5.41, 5.74) is 2.70. The van der Waals surface area contributed by atoms with E-state index in [2.05, 4.69) is 10.1 Å². The number of nitrogens with zero attached hydrogens (tertiary/aromatic N) is 4. The van der Waals surface area contributed by atoms with E-state index in [9.17, 15) is 14.0 Å². The van der Waals surface area contributed by atoms with E-state index in [4.69, 9.17) is 4.52 Å². The molecule has 2 aromatic carbocycles. The van der Waals surface area contributed by atoms with E-state index in [1.54, 1.807) is 17.0 Å². The second kappa shape index (κ2) is 9.37. The predicted molar refractivity (Wildman–Crippen MR) is 124 cm³/mol. The summed E-state index contributed by atoms with van der Waals surface area (Å²) in [7, 11) is 0. The molecule has 0 spiro atoms. The molecule has 34 heavy (non-hydrogen) atoms. The van der Waals surface area contributed by atoms with Gasteiger partial charge in [-0.05, 0) is 62.1 Å². The Morgan fingerprint density at radius 1 is 1.09 bits per heavy atom. The Balaban J connectivity index is 1.13. The molecule has 1 aromatic heterocycles. The third kappa shape index (κ3) is 4.71. The van der Waals surface area contributed by atoms with E-state index < -0.39 is 0 Å². The summed E-state index contributed by atoms with van der Waals surface area (Å²) >= 11 is 0. The maximum absolute atomic E-state index is 13.1. The van der Waals surface area contributed by atoms with Crippen LogP contribution in [0.4, 0.5) is 10.1 Å². The Hall–Kier alpha value is -3.55. The number of carbonyl (C=O) groups excluding carboxylic acids is 2. The van der Waals surface area contributed by atoms with E-state index in [-0.39, 0.29) is 30.0 Å². The van der Waals surface area contributed by atoms with Crippen molar-refractivity contribution in [2.45, 2.75) is 32.6 Å². The standard InChI is InChI=1S/C26H27FN4O3/c1-17-2-8-22(9-3-17)31-16-20(15-24(31)32)26(33)30-12-10-18(11-13-30)14-23-28-25(29-34-23)19-4-6-21(27)7-5-19/h2-9,18,20H,10-16H2,1H3/t20-/m0/s1. The number of hydrogen-bond donors (Lipinski definition) is 0. The Morgan fingerprint density at radius 2 is 1.79 bits per heavy atom. The van der Waals surface area contributed by atoms with Gasteiger partial charge in [-0.25, -0.2) is 4.39 Å². The quantitative estimate of drug-likeness (QED) is 0.572. The fraction of sp³-hybridized carbons (Fsp3) is 0.385. The summed E-state index contributed by atoms with van der Waals surface area (Å²) in [6.07, 6.45) is 2.62. The average Bonchev–Trinajstić information content (AvgIpc) is 3.47. The van der Waals surface area contributed by atoms with Crippen molar-refractivity contribution < 1.29 is 18.5 Å². The zero-order valence-electron chi connectivity index (χ0n) is 19.1. The second-order valence-electron chi connectivity index (χ2n) is 9.23. The lowest BCUT2D eigenvalue weighted by molar-refractivity contribution is -0.137. The molecular formula is C26H27FN4O3. The van der Waals surface area contributed by atoms with Crippen LogP contribution in [-0.2, 0) is 16.0 Å². The van der Waals surface area contributed by atoms with Gasteiger partial charge in [0.2, 0.25) is 23.5 Å². The number of rotatable bonds is 5. The van der Waals surface area contributed by atoms with Crippen LogP contribution >= 0.6 is 0 Å². The van der Waals surface area contributed by atoms with Gasteiger partial charge in [0.15, 0.2) is 0 Å². The molecule has 0 aliphatic carbocycles. The normalized spacial score (nSPS) is 19.1. The number of carbonyl (C=O) groups is 2. The van der Waals surface area contributed by atoms with Gasteiger partial charge in [0, 0.05) is 43.7 Å². The molecule has 0 unspecified atom stereocenters. The van der Waals surface area contributed by atoms with Crippen molar-refractivity contribution in [3.05, 3.63) is 65.8 Å². The lowest BCUT2D eigenvalue weighted by Gasteiger charge is -2.33. The van der Waals surface area contributed by atoms with Crippen LogP contribution in [0.1, 0.15) is 30.7 Å². The molecule has 1 atom stereocenters. The number of piperidine rings is 1. The zero-order valence-corrected chi connectivity index (χ0v) is 19.1. The second-order valence-corrected chi connectivity index (χ2v) is 9.23. The maximum atomic E-state index is 13.1. The molecule has 176 valence electrons. The number of aromatic nitrogens is 2. The minimum Gasteiger partial charge on any atom is -0.342 e. The monoisotopic (exact) mass is 462 g/mol. The summed E-state index contributed by atoms with van der Waals surface area (Å²) in [6, 6.07) is 13.8. The minimum absolute atomic E-state index is 0.00504. The van der Waals surface area contributed by atoms with E-state index in [1.807, 2.05) is 36.1 Å². The summed E-state index contributed by atoms with van der Waals surface area (Å²) in [4.78, 5) is 33.7. The van der Waals surface area contributed by atoms with Gasteiger partial charge in [-0.15, -0.1) is 0 Å². The molecule has 0 saturated carbocycles. The van der Waals surface area contributed by atoms with Crippen LogP contribution in [0.25, 0.3) is 11.4 Å². The first kappa shape index (κ1) is 22.3. The van der Waals surface area contributed by atoms with Crippen molar-refractivity contribution in [2.75, 3.05) is 24.5 Å². The van der Waals surface area contributed by atoms with E-state index in [0.717, 1.165) is 24.1 Å². The van der Waals surface area contributed by atoms with Gasteiger partial charge in [-0.3, -0.25) is 9.59 Å². The van der Waals surface area contributed by atoms with Gasteiger partial charge in [0.25, 0.3) is 0 Å². The van der Waals surface area contributed by atoms with Crippen LogP contribution in [0.2, 0.25) is 0 Å². The van der Waals surface area contributed by atoms with Crippen LogP contribution in [0.3, 0.4) is 0 Å². The van der Waals surface area contributed by atoms with Gasteiger partial charge in [-0.2, -0.15) is 4.98 Å². The first-order chi connectivity index (χ1) is 16.5. The van der Waals surface area contributed by atoms with Crippen molar-refractivity contribution in [1.29, 1.82) is 0 Å². The molecule has 3 heterocycles. The largest absolute Gasteiger partial charge is 0.342 e. The molecular weight excluding hydrogens is 435 g/mol. The number of aryl methyl sites for hydroxylation is 1. The number of likely N-dealkylation sites (tertiary alicyclic amines) is 1. The highest BCUT2D eigenvalue weighted by atomic mass is 19.1. The number of amides is 2. The summed E-state index contributed by atoms with van der Waals surface area (Å²) in [6.45, 7) is 3.78. The molecule has 2 saturated heterocycles. The van der Waals surface area contributed by atoms with Gasteiger partial charge in [0.05, 0.1) is 5.92 Å². The third-order valence-corrected chi connectivity index (χ3v) is 6.78. The molecule has 0 N–H and O–H groups in total. The molecule has 2 fully saturated rings. The van der Waals surface area contributed by atoms with Gasteiger partial charge < -0.3 is 14.3 Å². The number of hydrogen-bond acceptors (Lipinski definition) is 5. The van der Waals surface area contributed by atoms with E-state index >= 15 is 0 Å². The van der Waals surface area contributed by atoms with Gasteiger partial charge in [0.1, 0.15) is 5.82 Å². The predicted octanol–water partition coefficient (Wildman–Crippen LogP) is 4.02. The topological polar surface area (TPSA) is 79.5 Å². The average molecular weight is 463 g/mol. The lowest BCUT2D eigenvalue weighted by Crippen LogP contribution is -2.42. The molecule has 2 amide bonds. The molecule has 2 aliphatic heterocycles. The first-order valence-corrected chi connectivity index (χ1v) is 11.7. The van der Waals surface area contributed by atoms with Crippen molar-refractivity contribution in [2.24, 2.45) is 11.8 Å². The highest BCUT2D eigenvalue weighted by molar-refractivity contribution is 6.00. The fourth-order valence-corrected chi connectivity index (χ4v) is 4.76. The summed E-state index contributed by atoms with van der Waals surface area (Å²) < 4.78 is 18.5. The number of halogens is 1. The minimum atomic E-state index is -0.307. The Labute approximate surface area is 197 Å². The van der Waals surface area contributed by atoms with Crippen molar-refractivity contribution in [3.63, 3.8) is 0 Å². The molecule has 7 nitrogen and oxygen atoms in total. The van der Waals surface area contributed by atoms with Crippen LogP contribution in [0, 0.1) is 24.6 Å². The van der Waals surface area contributed by atoms with Crippen LogP contribution < -0.4 is 4.90 Å². The molecule has 5 rings (SSSR count). The molecule has 2 aliphatic rings. The third-order valence-electron chi connectivity index (χ3n) is 6.78. The van der Waals surface area contributed by atoms with Crippen molar-refractivity contribution in [3.8, 4) is 11.4 Å². The molecule has 8 heteroatoms. The lowest BCUT2D eigenvalue weighted by atomic mass is 9.92. The number of benzene rings is 2. The van der Waals surface area contributed by atoms with E-state index in [0.29, 0.717) is 49.3 Å². The van der Waals surface area contributed by atoms with Gasteiger partial charge in [-0.1, -0.05) is 22.9 Å². The fourth-order valence-electron chi connectivity index (χ4n) is 4.76. The molecule has 0 bridgehead atoms. The van der Waals surface area contributed by atoms with Crippen molar-refractivity contribution >= 4 is 17.5 Å². The highest BCUT2D eigenvalue weighted by Gasteiger charge is 2.38. The molecule has 0 radical (unpaired) electrons. The van der Waals surface area contributed by atoms with Gasteiger partial charge >= 0.3 is 0 Å². The Bertz CT molecular complexity index is 1170. The summed E-state index contributed by atoms with van der Waals surface area (Å²) in [5, 5.41) is 4.01. The molecule has 3 aromatic rings. The summed E-state index contributed by atoms with van der Waals surface area (Å²) in [5.74, 6) is 0.826. The van der Waals surface area contributed by atoms with Crippen LogP contribution in [0.5, 0.6) is 0 Å². The van der Waals surface area contributed by atoms with E-state index in [1.165, 1.54) is 12.1 Å². The zero-order chi connectivity index (χ0) is 23.7. The van der Waals surface area contributed by atoms with Crippen LogP contribution in [-0.4, -0.2) is 46.5 Å². The smallest absolute Gasteiger partial charge is 0.228 e. The maximum Gasteiger partial charge on any atom is 0.228 e. The first-order valence-electron chi connectivity index (χ1n) is 11.7. The van der Waals surface area contributed by atoms with Crippen LogP contribution in [0.15, 0.2) is 53.1 Å². The Morgan fingerprint density at radius 3 is 2.50 bits per heavy atom. The number of anilines is 1.